The molecule has 0 saturated carbocycles. The monoisotopic (exact) mass is 244 g/mol. The van der Waals surface area contributed by atoms with Crippen molar-refractivity contribution in [3.8, 4) is 0 Å². The lowest BCUT2D eigenvalue weighted by molar-refractivity contribution is -0.150. The Morgan fingerprint density at radius 1 is 1.38 bits per heavy atom. The van der Waals surface area contributed by atoms with Crippen LogP contribution in [0.1, 0.15) is 33.6 Å². The van der Waals surface area contributed by atoms with Crippen molar-refractivity contribution >= 4 is 14.3 Å². The van der Waals surface area contributed by atoms with E-state index in [0.717, 1.165) is 0 Å². The Hall–Kier alpha value is -0.613. The van der Waals surface area contributed by atoms with E-state index in [-0.39, 0.29) is 17.8 Å². The molecule has 0 bridgehead atoms. The van der Waals surface area contributed by atoms with Gasteiger partial charge in [0.25, 0.3) is 0 Å². The van der Waals surface area contributed by atoms with Gasteiger partial charge in [-0.15, -0.1) is 6.58 Å². The number of esters is 1. The first kappa shape index (κ1) is 15.4. The molecule has 0 fully saturated rings. The van der Waals surface area contributed by atoms with E-state index in [1.807, 2.05) is 0 Å². The van der Waals surface area contributed by atoms with Gasteiger partial charge in [-0.3, -0.25) is 4.79 Å². The van der Waals surface area contributed by atoms with Crippen LogP contribution in [0.5, 0.6) is 0 Å². The average Bonchev–Trinajstić information content (AvgIpc) is 2.12. The van der Waals surface area contributed by atoms with Crippen LogP contribution in [-0.4, -0.2) is 21.1 Å². The van der Waals surface area contributed by atoms with Gasteiger partial charge in [-0.2, -0.15) is 0 Å². The molecule has 16 heavy (non-hydrogen) atoms. The molecule has 0 N–H and O–H groups in total. The van der Waals surface area contributed by atoms with Crippen molar-refractivity contribution in [1.29, 1.82) is 0 Å². The van der Waals surface area contributed by atoms with Gasteiger partial charge in [0.1, 0.15) is 0 Å². The third kappa shape index (κ3) is 5.46. The number of rotatable bonds is 6. The molecule has 0 rings (SSSR count). The molecule has 3 nitrogen and oxygen atoms in total. The number of allylic oxidation sites excluding steroid dienone is 1. The fourth-order valence-corrected chi connectivity index (χ4v) is 1.54. The van der Waals surface area contributed by atoms with Crippen LogP contribution in [0.3, 0.4) is 0 Å². The SMILES string of the molecule is C=CCCC(=O)OCO[Si](C)(C)C(C)(C)C. The molecule has 0 aliphatic rings. The predicted octanol–water partition coefficient (Wildman–Crippen LogP) is 3.48. The third-order valence-corrected chi connectivity index (χ3v) is 7.45. The van der Waals surface area contributed by atoms with E-state index in [0.29, 0.717) is 12.8 Å². The van der Waals surface area contributed by atoms with Crippen LogP contribution in [0.4, 0.5) is 0 Å². The number of hydrogen-bond acceptors (Lipinski definition) is 3. The Balaban J connectivity index is 3.90. The minimum absolute atomic E-state index is 0.0759. The van der Waals surface area contributed by atoms with Gasteiger partial charge in [-0.25, -0.2) is 0 Å². The summed E-state index contributed by atoms with van der Waals surface area (Å²) in [5, 5.41) is 0.139. The Kier molecular flexibility index (Phi) is 5.97. The predicted molar refractivity (Wildman–Crippen MR) is 68.7 cm³/mol. The van der Waals surface area contributed by atoms with Crippen LogP contribution in [0.15, 0.2) is 12.7 Å². The summed E-state index contributed by atoms with van der Waals surface area (Å²) >= 11 is 0. The van der Waals surface area contributed by atoms with Crippen LogP contribution in [0.2, 0.25) is 18.1 Å². The van der Waals surface area contributed by atoms with Crippen LogP contribution < -0.4 is 0 Å². The molecule has 0 aromatic rings. The maximum Gasteiger partial charge on any atom is 0.308 e. The zero-order valence-corrected chi connectivity index (χ0v) is 12.1. The van der Waals surface area contributed by atoms with Gasteiger partial charge in [-0.05, 0) is 24.6 Å². The number of ether oxygens (including phenoxy) is 1. The second kappa shape index (κ2) is 6.20. The summed E-state index contributed by atoms with van der Waals surface area (Å²) in [5.41, 5.74) is 0. The fraction of sp³-hybridized carbons (Fsp3) is 0.750. The summed E-state index contributed by atoms with van der Waals surface area (Å²) < 4.78 is 10.7. The lowest BCUT2D eigenvalue weighted by atomic mass is 10.2. The molecular weight excluding hydrogens is 220 g/mol. The first-order valence-corrected chi connectivity index (χ1v) is 8.52. The Morgan fingerprint density at radius 3 is 2.38 bits per heavy atom. The lowest BCUT2D eigenvalue weighted by Crippen LogP contribution is -2.41. The normalized spacial score (nSPS) is 12.3. The van der Waals surface area contributed by atoms with E-state index >= 15 is 0 Å². The average molecular weight is 244 g/mol. The van der Waals surface area contributed by atoms with Crippen LogP contribution >= 0.6 is 0 Å². The molecular formula is C12H24O3Si. The Bertz CT molecular complexity index is 241. The third-order valence-electron chi connectivity index (χ3n) is 3.00. The Labute approximate surface area is 100.0 Å². The maximum absolute atomic E-state index is 11.2. The standard InChI is InChI=1S/C12H24O3Si/c1-7-8-9-11(13)14-10-15-16(5,6)12(2,3)4/h7H,1,8-10H2,2-6H3. The first-order chi connectivity index (χ1) is 7.20. The summed E-state index contributed by atoms with van der Waals surface area (Å²) in [6, 6.07) is 0. The number of carbonyl (C=O) groups is 1. The van der Waals surface area contributed by atoms with Gasteiger partial charge in [0, 0.05) is 6.42 Å². The minimum atomic E-state index is -1.80. The van der Waals surface area contributed by atoms with Gasteiger partial charge in [0.2, 0.25) is 0 Å². The highest BCUT2D eigenvalue weighted by molar-refractivity contribution is 6.74. The summed E-state index contributed by atoms with van der Waals surface area (Å²) in [6.07, 6.45) is 2.74. The molecule has 0 aliphatic heterocycles. The van der Waals surface area contributed by atoms with Crippen LogP contribution in [0.25, 0.3) is 0 Å². The second-order valence-corrected chi connectivity index (χ2v) is 10.2. The molecule has 0 amide bonds. The van der Waals surface area contributed by atoms with Gasteiger partial charge >= 0.3 is 5.97 Å². The lowest BCUT2D eigenvalue weighted by Gasteiger charge is -2.35. The molecule has 0 spiro atoms. The second-order valence-electron chi connectivity index (χ2n) is 5.37. The minimum Gasteiger partial charge on any atom is -0.439 e. The Morgan fingerprint density at radius 2 is 1.94 bits per heavy atom. The van der Waals surface area contributed by atoms with Crippen molar-refractivity contribution in [2.75, 3.05) is 6.79 Å². The summed E-state index contributed by atoms with van der Waals surface area (Å²) in [4.78, 5) is 11.2. The van der Waals surface area contributed by atoms with Crippen molar-refractivity contribution < 1.29 is 14.0 Å². The first-order valence-electron chi connectivity index (χ1n) is 5.61. The van der Waals surface area contributed by atoms with Crippen molar-refractivity contribution in [1.82, 2.24) is 0 Å². The highest BCUT2D eigenvalue weighted by Crippen LogP contribution is 2.36. The summed E-state index contributed by atoms with van der Waals surface area (Å²) in [6.45, 7) is 14.3. The van der Waals surface area contributed by atoms with E-state index in [1.165, 1.54) is 0 Å². The molecule has 0 aromatic carbocycles. The van der Waals surface area contributed by atoms with E-state index < -0.39 is 8.32 Å². The quantitative estimate of drug-likeness (QED) is 0.310. The maximum atomic E-state index is 11.2. The van der Waals surface area contributed by atoms with E-state index in [4.69, 9.17) is 9.16 Å². The highest BCUT2D eigenvalue weighted by Gasteiger charge is 2.37. The molecule has 0 saturated heterocycles. The largest absolute Gasteiger partial charge is 0.439 e. The zero-order valence-electron chi connectivity index (χ0n) is 11.1. The van der Waals surface area contributed by atoms with E-state index in [1.54, 1.807) is 6.08 Å². The molecule has 94 valence electrons. The van der Waals surface area contributed by atoms with Crippen molar-refractivity contribution in [3.63, 3.8) is 0 Å². The molecule has 0 unspecified atom stereocenters. The van der Waals surface area contributed by atoms with Crippen molar-refractivity contribution in [3.05, 3.63) is 12.7 Å². The van der Waals surface area contributed by atoms with E-state index in [9.17, 15) is 4.79 Å². The topological polar surface area (TPSA) is 35.5 Å². The van der Waals surface area contributed by atoms with Gasteiger partial charge in [0.05, 0.1) is 0 Å². The van der Waals surface area contributed by atoms with Gasteiger partial charge in [0.15, 0.2) is 15.1 Å². The van der Waals surface area contributed by atoms with Crippen LogP contribution in [0, 0.1) is 0 Å². The smallest absolute Gasteiger partial charge is 0.308 e. The van der Waals surface area contributed by atoms with Crippen molar-refractivity contribution in [2.24, 2.45) is 0 Å². The molecule has 0 aliphatic carbocycles. The molecule has 0 radical (unpaired) electrons. The summed E-state index contributed by atoms with van der Waals surface area (Å²) in [7, 11) is -1.80. The van der Waals surface area contributed by atoms with Gasteiger partial charge in [-0.1, -0.05) is 26.8 Å². The van der Waals surface area contributed by atoms with Crippen LogP contribution in [-0.2, 0) is 14.0 Å². The molecule has 4 heteroatoms. The highest BCUT2D eigenvalue weighted by atomic mass is 28.4. The molecule has 0 atom stereocenters. The fourth-order valence-electron chi connectivity index (χ4n) is 0.751. The molecule has 0 heterocycles. The van der Waals surface area contributed by atoms with Gasteiger partial charge < -0.3 is 9.16 Å². The van der Waals surface area contributed by atoms with E-state index in [2.05, 4.69) is 40.4 Å². The number of hydrogen-bond donors (Lipinski definition) is 0. The summed E-state index contributed by atoms with van der Waals surface area (Å²) in [5.74, 6) is -0.224. The zero-order chi connectivity index (χ0) is 12.8. The molecule has 0 aromatic heterocycles. The van der Waals surface area contributed by atoms with Crippen molar-refractivity contribution in [2.45, 2.75) is 51.7 Å². The number of carbonyl (C=O) groups excluding carboxylic acids is 1.